The van der Waals surface area contributed by atoms with E-state index in [0.717, 1.165) is 30.7 Å². The third-order valence-corrected chi connectivity index (χ3v) is 4.52. The molecule has 0 aromatic heterocycles. The largest absolute Gasteiger partial charge is 0.207 e. The fraction of sp³-hybridized carbons (Fsp3) is 0.538. The quantitative estimate of drug-likeness (QED) is 0.673. The van der Waals surface area contributed by atoms with Crippen LogP contribution in [-0.4, -0.2) is 4.83 Å². The van der Waals surface area contributed by atoms with E-state index in [2.05, 4.69) is 15.9 Å². The molecule has 0 saturated heterocycles. The zero-order valence-electron chi connectivity index (χ0n) is 9.06. The van der Waals surface area contributed by atoms with Crippen molar-refractivity contribution in [2.75, 3.05) is 0 Å². The molecule has 0 heterocycles. The van der Waals surface area contributed by atoms with E-state index in [4.69, 9.17) is 11.6 Å². The van der Waals surface area contributed by atoms with Gasteiger partial charge < -0.3 is 0 Å². The summed E-state index contributed by atoms with van der Waals surface area (Å²) in [6.07, 6.45) is 5.67. The molecule has 0 nitrogen and oxygen atoms in total. The van der Waals surface area contributed by atoms with Gasteiger partial charge in [-0.25, -0.2) is 4.39 Å². The Morgan fingerprint density at radius 3 is 2.81 bits per heavy atom. The molecule has 0 radical (unpaired) electrons. The normalized spacial score (nSPS) is 17.4. The fourth-order valence-electron chi connectivity index (χ4n) is 1.91. The number of halogens is 3. The van der Waals surface area contributed by atoms with Gasteiger partial charge in [-0.3, -0.25) is 0 Å². The molecule has 1 aliphatic rings. The van der Waals surface area contributed by atoms with Gasteiger partial charge in [-0.15, -0.1) is 0 Å². The SMILES string of the molecule is Fc1cc(Cl)ccc1CCCC(Br)C1CC1. The van der Waals surface area contributed by atoms with Crippen molar-refractivity contribution in [3.8, 4) is 0 Å². The first kappa shape index (κ1) is 12.4. The predicted molar refractivity (Wildman–Crippen MR) is 69.8 cm³/mol. The Morgan fingerprint density at radius 2 is 2.19 bits per heavy atom. The highest BCUT2D eigenvalue weighted by atomic mass is 79.9. The summed E-state index contributed by atoms with van der Waals surface area (Å²) in [5.41, 5.74) is 0.778. The van der Waals surface area contributed by atoms with Gasteiger partial charge in [0.05, 0.1) is 0 Å². The molecule has 1 aromatic rings. The van der Waals surface area contributed by atoms with Crippen LogP contribution in [-0.2, 0) is 6.42 Å². The third-order valence-electron chi connectivity index (χ3n) is 3.07. The van der Waals surface area contributed by atoms with Crippen molar-refractivity contribution in [2.24, 2.45) is 5.92 Å². The Labute approximate surface area is 109 Å². The van der Waals surface area contributed by atoms with Gasteiger partial charge in [0.2, 0.25) is 0 Å². The van der Waals surface area contributed by atoms with Gasteiger partial charge >= 0.3 is 0 Å². The van der Waals surface area contributed by atoms with E-state index in [0.29, 0.717) is 9.85 Å². The van der Waals surface area contributed by atoms with Crippen LogP contribution in [0.25, 0.3) is 0 Å². The van der Waals surface area contributed by atoms with Crippen molar-refractivity contribution in [2.45, 2.75) is 36.9 Å². The predicted octanol–water partition coefficient (Wildman–Crippen LogP) is 4.98. The van der Waals surface area contributed by atoms with Gasteiger partial charge in [0.25, 0.3) is 0 Å². The van der Waals surface area contributed by atoms with E-state index >= 15 is 0 Å². The van der Waals surface area contributed by atoms with Crippen LogP contribution in [0.5, 0.6) is 0 Å². The number of aryl methyl sites for hydroxylation is 1. The van der Waals surface area contributed by atoms with Gasteiger partial charge in [0, 0.05) is 9.85 Å². The highest BCUT2D eigenvalue weighted by Crippen LogP contribution is 2.38. The molecule has 0 bridgehead atoms. The van der Waals surface area contributed by atoms with Crippen LogP contribution < -0.4 is 0 Å². The van der Waals surface area contributed by atoms with Crippen molar-refractivity contribution in [1.82, 2.24) is 0 Å². The number of hydrogen-bond donors (Lipinski definition) is 0. The van der Waals surface area contributed by atoms with E-state index in [1.807, 2.05) is 0 Å². The second-order valence-electron chi connectivity index (χ2n) is 4.48. The maximum Gasteiger partial charge on any atom is 0.127 e. The maximum absolute atomic E-state index is 13.4. The molecule has 2 rings (SSSR count). The molecular formula is C13H15BrClF. The average Bonchev–Trinajstić information content (AvgIpc) is 3.04. The van der Waals surface area contributed by atoms with E-state index in [9.17, 15) is 4.39 Å². The molecular weight excluding hydrogens is 290 g/mol. The molecule has 1 atom stereocenters. The van der Waals surface area contributed by atoms with E-state index in [-0.39, 0.29) is 5.82 Å². The molecule has 1 saturated carbocycles. The first-order valence-electron chi connectivity index (χ1n) is 5.75. The van der Waals surface area contributed by atoms with Crippen LogP contribution in [0.1, 0.15) is 31.2 Å². The minimum atomic E-state index is -0.176. The molecule has 1 fully saturated rings. The number of rotatable bonds is 5. The van der Waals surface area contributed by atoms with Crippen molar-refractivity contribution in [3.05, 3.63) is 34.6 Å². The molecule has 0 aliphatic heterocycles. The van der Waals surface area contributed by atoms with E-state index in [1.165, 1.54) is 18.9 Å². The van der Waals surface area contributed by atoms with Crippen LogP contribution >= 0.6 is 27.5 Å². The zero-order chi connectivity index (χ0) is 11.5. The zero-order valence-corrected chi connectivity index (χ0v) is 11.4. The Balaban J connectivity index is 1.80. The summed E-state index contributed by atoms with van der Waals surface area (Å²) in [5.74, 6) is 0.695. The molecule has 1 aromatic carbocycles. The second-order valence-corrected chi connectivity index (χ2v) is 6.09. The summed E-state index contributed by atoms with van der Waals surface area (Å²) in [5, 5.41) is 0.470. The summed E-state index contributed by atoms with van der Waals surface area (Å²) in [6.45, 7) is 0. The molecule has 88 valence electrons. The average molecular weight is 306 g/mol. The first-order chi connectivity index (χ1) is 7.66. The standard InChI is InChI=1S/C13H15BrClF/c14-12(9-4-5-9)3-1-2-10-6-7-11(15)8-13(10)16/h6-9,12H,1-5H2. The molecule has 0 spiro atoms. The van der Waals surface area contributed by atoms with Crippen LogP contribution in [0.4, 0.5) is 4.39 Å². The van der Waals surface area contributed by atoms with Gasteiger partial charge in [0.1, 0.15) is 5.82 Å². The molecule has 1 aliphatic carbocycles. The summed E-state index contributed by atoms with van der Waals surface area (Å²) >= 11 is 9.40. The van der Waals surface area contributed by atoms with Gasteiger partial charge in [-0.05, 0) is 55.7 Å². The smallest absolute Gasteiger partial charge is 0.127 e. The Hall–Kier alpha value is -0.0800. The number of hydrogen-bond acceptors (Lipinski definition) is 0. The number of alkyl halides is 1. The highest BCUT2D eigenvalue weighted by molar-refractivity contribution is 9.09. The van der Waals surface area contributed by atoms with Crippen molar-refractivity contribution in [1.29, 1.82) is 0 Å². The fourth-order valence-corrected chi connectivity index (χ4v) is 2.92. The van der Waals surface area contributed by atoms with Crippen LogP contribution in [0.2, 0.25) is 5.02 Å². The monoisotopic (exact) mass is 304 g/mol. The van der Waals surface area contributed by atoms with E-state index < -0.39 is 0 Å². The summed E-state index contributed by atoms with van der Waals surface area (Å²) < 4.78 is 13.4. The van der Waals surface area contributed by atoms with Gasteiger partial charge in [0.15, 0.2) is 0 Å². The summed E-state index contributed by atoms with van der Waals surface area (Å²) in [6, 6.07) is 4.94. The van der Waals surface area contributed by atoms with Crippen molar-refractivity contribution >= 4 is 27.5 Å². The summed E-state index contributed by atoms with van der Waals surface area (Å²) in [7, 11) is 0. The maximum atomic E-state index is 13.4. The number of benzene rings is 1. The third kappa shape index (κ3) is 3.46. The van der Waals surface area contributed by atoms with Crippen molar-refractivity contribution in [3.63, 3.8) is 0 Å². The van der Waals surface area contributed by atoms with Gasteiger partial charge in [-0.2, -0.15) is 0 Å². The lowest BCUT2D eigenvalue weighted by Crippen LogP contribution is -2.01. The minimum Gasteiger partial charge on any atom is -0.207 e. The molecule has 1 unspecified atom stereocenters. The molecule has 0 N–H and O–H groups in total. The Morgan fingerprint density at radius 1 is 1.44 bits per heavy atom. The Bertz CT molecular complexity index is 363. The van der Waals surface area contributed by atoms with Crippen LogP contribution in [0.3, 0.4) is 0 Å². The lowest BCUT2D eigenvalue weighted by atomic mass is 10.1. The molecule has 16 heavy (non-hydrogen) atoms. The minimum absolute atomic E-state index is 0.176. The van der Waals surface area contributed by atoms with Crippen LogP contribution in [0, 0.1) is 11.7 Å². The lowest BCUT2D eigenvalue weighted by Gasteiger charge is -2.08. The summed E-state index contributed by atoms with van der Waals surface area (Å²) in [4.78, 5) is 0.628. The highest BCUT2D eigenvalue weighted by Gasteiger charge is 2.28. The molecule has 0 amide bonds. The first-order valence-corrected chi connectivity index (χ1v) is 7.04. The Kier molecular flexibility index (Phi) is 4.26. The van der Waals surface area contributed by atoms with Gasteiger partial charge in [-0.1, -0.05) is 33.6 Å². The van der Waals surface area contributed by atoms with Crippen molar-refractivity contribution < 1.29 is 4.39 Å². The van der Waals surface area contributed by atoms with Crippen LogP contribution in [0.15, 0.2) is 18.2 Å². The lowest BCUT2D eigenvalue weighted by molar-refractivity contribution is 0.592. The topological polar surface area (TPSA) is 0 Å². The van der Waals surface area contributed by atoms with E-state index in [1.54, 1.807) is 12.1 Å². The molecule has 3 heteroatoms. The second kappa shape index (κ2) is 5.50.